The molecule has 2 N–H and O–H groups in total. The van der Waals surface area contributed by atoms with Crippen molar-refractivity contribution < 1.29 is 0 Å². The Morgan fingerprint density at radius 2 is 2.00 bits per heavy atom. The maximum absolute atomic E-state index is 4.45. The van der Waals surface area contributed by atoms with Gasteiger partial charge in [0, 0.05) is 31.4 Å². The van der Waals surface area contributed by atoms with Crippen LogP contribution in [0.2, 0.25) is 0 Å². The number of rotatable bonds is 8. The molecule has 0 saturated carbocycles. The highest BCUT2D eigenvalue weighted by molar-refractivity contribution is 7.98. The average Bonchev–Trinajstić information content (AvgIpc) is 2.75. The lowest BCUT2D eigenvalue weighted by Crippen LogP contribution is -2.38. The van der Waals surface area contributed by atoms with Crippen LogP contribution in [-0.4, -0.2) is 43.1 Å². The van der Waals surface area contributed by atoms with Crippen molar-refractivity contribution in [3.63, 3.8) is 0 Å². The number of thiazole rings is 1. The standard InChI is InChI=1S/C14H26N4S2/c1-11-13(20-12(2)18-11)7-9-17-14(15-3)16-8-5-6-10-19-4/h5-10H2,1-4H3,(H2,15,16,17). The van der Waals surface area contributed by atoms with Gasteiger partial charge in [-0.05, 0) is 38.7 Å². The largest absolute Gasteiger partial charge is 0.356 e. The van der Waals surface area contributed by atoms with E-state index in [0.29, 0.717) is 0 Å². The number of aromatic nitrogens is 1. The van der Waals surface area contributed by atoms with Crippen LogP contribution >= 0.6 is 23.1 Å². The zero-order valence-corrected chi connectivity index (χ0v) is 14.6. The molecule has 4 nitrogen and oxygen atoms in total. The first kappa shape index (κ1) is 17.3. The molecule has 20 heavy (non-hydrogen) atoms. The average molecular weight is 315 g/mol. The number of aryl methyl sites for hydroxylation is 2. The number of unbranched alkanes of at least 4 members (excludes halogenated alkanes) is 1. The molecule has 0 unspecified atom stereocenters. The van der Waals surface area contributed by atoms with Crippen molar-refractivity contribution in [1.29, 1.82) is 0 Å². The minimum absolute atomic E-state index is 0.896. The first-order valence-corrected chi connectivity index (χ1v) is 9.24. The van der Waals surface area contributed by atoms with E-state index in [2.05, 4.69) is 40.7 Å². The number of nitrogens with one attached hydrogen (secondary N) is 2. The molecule has 1 aromatic rings. The van der Waals surface area contributed by atoms with E-state index in [9.17, 15) is 0 Å². The van der Waals surface area contributed by atoms with Gasteiger partial charge in [0.2, 0.25) is 0 Å². The fourth-order valence-corrected chi connectivity index (χ4v) is 3.33. The normalized spacial score (nSPS) is 11.7. The molecule has 1 aromatic heterocycles. The molecule has 0 aliphatic rings. The summed E-state index contributed by atoms with van der Waals surface area (Å²) < 4.78 is 0. The summed E-state index contributed by atoms with van der Waals surface area (Å²) in [6, 6.07) is 0. The third-order valence-corrected chi connectivity index (χ3v) is 4.76. The Labute approximate surface area is 130 Å². The van der Waals surface area contributed by atoms with Crippen LogP contribution in [0.25, 0.3) is 0 Å². The molecule has 1 rings (SSSR count). The third-order valence-electron chi connectivity index (χ3n) is 2.94. The van der Waals surface area contributed by atoms with Crippen LogP contribution < -0.4 is 10.6 Å². The summed E-state index contributed by atoms with van der Waals surface area (Å²) in [4.78, 5) is 10.1. The molecule has 0 amide bonds. The highest BCUT2D eigenvalue weighted by atomic mass is 32.2. The summed E-state index contributed by atoms with van der Waals surface area (Å²) in [7, 11) is 1.82. The van der Waals surface area contributed by atoms with Crippen LogP contribution in [0.5, 0.6) is 0 Å². The van der Waals surface area contributed by atoms with Crippen LogP contribution in [0.4, 0.5) is 0 Å². The monoisotopic (exact) mass is 314 g/mol. The fraction of sp³-hybridized carbons (Fsp3) is 0.714. The number of guanidine groups is 1. The van der Waals surface area contributed by atoms with Gasteiger partial charge in [0.1, 0.15) is 0 Å². The number of thioether (sulfide) groups is 1. The molecule has 0 radical (unpaired) electrons. The maximum atomic E-state index is 4.45. The molecule has 0 aliphatic carbocycles. The second-order valence-corrected chi connectivity index (χ2v) is 6.89. The second kappa shape index (κ2) is 10.0. The molecule has 114 valence electrons. The first-order chi connectivity index (χ1) is 9.67. The van der Waals surface area contributed by atoms with E-state index < -0.39 is 0 Å². The third kappa shape index (κ3) is 6.61. The lowest BCUT2D eigenvalue weighted by atomic mass is 10.3. The Morgan fingerprint density at radius 3 is 2.60 bits per heavy atom. The van der Waals surface area contributed by atoms with Crippen molar-refractivity contribution in [2.24, 2.45) is 4.99 Å². The summed E-state index contributed by atoms with van der Waals surface area (Å²) in [6.07, 6.45) is 5.60. The van der Waals surface area contributed by atoms with Gasteiger partial charge in [-0.2, -0.15) is 11.8 Å². The smallest absolute Gasteiger partial charge is 0.190 e. The molecule has 0 saturated heterocycles. The van der Waals surface area contributed by atoms with E-state index in [1.165, 1.54) is 23.5 Å². The van der Waals surface area contributed by atoms with Crippen LogP contribution in [0.15, 0.2) is 4.99 Å². The van der Waals surface area contributed by atoms with Gasteiger partial charge in [-0.25, -0.2) is 4.98 Å². The Bertz CT molecular complexity index is 415. The summed E-state index contributed by atoms with van der Waals surface area (Å²) in [5.74, 6) is 2.13. The van der Waals surface area contributed by atoms with Gasteiger partial charge < -0.3 is 10.6 Å². The predicted molar refractivity (Wildman–Crippen MR) is 92.3 cm³/mol. The number of aliphatic imine (C=N–C) groups is 1. The van der Waals surface area contributed by atoms with Crippen LogP contribution in [-0.2, 0) is 6.42 Å². The molecule has 0 aliphatic heterocycles. The zero-order chi connectivity index (χ0) is 14.8. The summed E-state index contributed by atoms with van der Waals surface area (Å²) in [5.41, 5.74) is 1.16. The molecular weight excluding hydrogens is 288 g/mol. The highest BCUT2D eigenvalue weighted by Gasteiger charge is 2.04. The fourth-order valence-electron chi connectivity index (χ4n) is 1.90. The van der Waals surface area contributed by atoms with Crippen molar-refractivity contribution in [3.8, 4) is 0 Å². The summed E-state index contributed by atoms with van der Waals surface area (Å²) in [5, 5.41) is 7.86. The predicted octanol–water partition coefficient (Wildman–Crippen LogP) is 2.61. The van der Waals surface area contributed by atoms with Gasteiger partial charge in [0.15, 0.2) is 5.96 Å². The Kier molecular flexibility index (Phi) is 8.69. The number of nitrogens with zero attached hydrogens (tertiary/aromatic N) is 2. The van der Waals surface area contributed by atoms with Crippen molar-refractivity contribution in [2.45, 2.75) is 33.1 Å². The van der Waals surface area contributed by atoms with Gasteiger partial charge in [0.05, 0.1) is 10.7 Å². The molecule has 0 aromatic carbocycles. The molecule has 0 fully saturated rings. The lowest BCUT2D eigenvalue weighted by molar-refractivity contribution is 0.731. The summed E-state index contributed by atoms with van der Waals surface area (Å²) in [6.45, 7) is 6.02. The van der Waals surface area contributed by atoms with E-state index in [-0.39, 0.29) is 0 Å². The zero-order valence-electron chi connectivity index (χ0n) is 13.0. The van der Waals surface area contributed by atoms with Crippen molar-refractivity contribution in [3.05, 3.63) is 15.6 Å². The summed E-state index contributed by atoms with van der Waals surface area (Å²) >= 11 is 3.69. The number of hydrogen-bond acceptors (Lipinski definition) is 4. The highest BCUT2D eigenvalue weighted by Crippen LogP contribution is 2.16. The van der Waals surface area contributed by atoms with E-state index in [4.69, 9.17) is 0 Å². The number of hydrogen-bond donors (Lipinski definition) is 2. The Hall–Kier alpha value is -0.750. The molecule has 0 bridgehead atoms. The minimum Gasteiger partial charge on any atom is -0.356 e. The maximum Gasteiger partial charge on any atom is 0.190 e. The molecule has 0 spiro atoms. The SMILES string of the molecule is CN=C(NCCCCSC)NCCc1sc(C)nc1C. The Balaban J connectivity index is 2.20. The quantitative estimate of drug-likeness (QED) is 0.440. The topological polar surface area (TPSA) is 49.3 Å². The van der Waals surface area contributed by atoms with E-state index in [0.717, 1.165) is 36.2 Å². The van der Waals surface area contributed by atoms with E-state index >= 15 is 0 Å². The van der Waals surface area contributed by atoms with Gasteiger partial charge in [-0.15, -0.1) is 11.3 Å². The second-order valence-electron chi connectivity index (χ2n) is 4.62. The van der Waals surface area contributed by atoms with Gasteiger partial charge >= 0.3 is 0 Å². The minimum atomic E-state index is 0.896. The van der Waals surface area contributed by atoms with Gasteiger partial charge in [-0.3, -0.25) is 4.99 Å². The first-order valence-electron chi connectivity index (χ1n) is 7.03. The van der Waals surface area contributed by atoms with Gasteiger partial charge in [0.25, 0.3) is 0 Å². The molecule has 0 atom stereocenters. The van der Waals surface area contributed by atoms with Crippen LogP contribution in [0.3, 0.4) is 0 Å². The van der Waals surface area contributed by atoms with Crippen LogP contribution in [0.1, 0.15) is 28.4 Å². The van der Waals surface area contributed by atoms with Gasteiger partial charge in [-0.1, -0.05) is 0 Å². The van der Waals surface area contributed by atoms with Crippen LogP contribution in [0, 0.1) is 13.8 Å². The van der Waals surface area contributed by atoms with Crippen molar-refractivity contribution in [2.75, 3.05) is 32.1 Å². The molecular formula is C14H26N4S2. The van der Waals surface area contributed by atoms with Crippen molar-refractivity contribution in [1.82, 2.24) is 15.6 Å². The van der Waals surface area contributed by atoms with E-state index in [1.807, 2.05) is 18.8 Å². The molecule has 1 heterocycles. The van der Waals surface area contributed by atoms with E-state index in [1.54, 1.807) is 11.3 Å². The lowest BCUT2D eigenvalue weighted by Gasteiger charge is -2.11. The molecule has 6 heteroatoms. The Morgan fingerprint density at radius 1 is 1.25 bits per heavy atom. The van der Waals surface area contributed by atoms with Crippen molar-refractivity contribution >= 4 is 29.1 Å².